The molecule has 0 aromatic carbocycles. The average Bonchev–Trinajstić information content (AvgIpc) is 2.79. The van der Waals surface area contributed by atoms with Crippen molar-refractivity contribution in [1.82, 2.24) is 0 Å². The van der Waals surface area contributed by atoms with Gasteiger partial charge in [-0.2, -0.15) is 0 Å². The van der Waals surface area contributed by atoms with Crippen LogP contribution in [0, 0.1) is 5.92 Å². The van der Waals surface area contributed by atoms with E-state index < -0.39 is 0 Å². The summed E-state index contributed by atoms with van der Waals surface area (Å²) < 4.78 is 0. The van der Waals surface area contributed by atoms with Gasteiger partial charge in [0, 0.05) is 0 Å². The second-order valence-electron chi connectivity index (χ2n) is 5.58. The molecule has 1 unspecified atom stereocenters. The van der Waals surface area contributed by atoms with Gasteiger partial charge in [0.15, 0.2) is 0 Å². The lowest BCUT2D eigenvalue weighted by atomic mass is 9.97. The molecule has 1 saturated carbocycles. The molecular formula is C15H30O. The van der Waals surface area contributed by atoms with Crippen molar-refractivity contribution in [2.75, 3.05) is 0 Å². The van der Waals surface area contributed by atoms with Gasteiger partial charge in [-0.1, -0.05) is 64.7 Å². The smallest absolute Gasteiger partial charge is 0.0540 e. The first-order valence-electron chi connectivity index (χ1n) is 7.51. The fourth-order valence-electron chi connectivity index (χ4n) is 2.85. The molecule has 1 rings (SSSR count). The van der Waals surface area contributed by atoms with Crippen LogP contribution in [0.1, 0.15) is 84.0 Å². The Bertz CT molecular complexity index is 150. The molecule has 0 aromatic rings. The second kappa shape index (κ2) is 9.04. The van der Waals surface area contributed by atoms with Crippen LogP contribution in [0.2, 0.25) is 0 Å². The summed E-state index contributed by atoms with van der Waals surface area (Å²) in [6.07, 6.45) is 15.6. The Balaban J connectivity index is 1.87. The molecule has 0 aliphatic heterocycles. The van der Waals surface area contributed by atoms with Gasteiger partial charge in [0.05, 0.1) is 6.10 Å². The Labute approximate surface area is 102 Å². The first-order chi connectivity index (χ1) is 7.83. The highest BCUT2D eigenvalue weighted by Gasteiger charge is 2.16. The van der Waals surface area contributed by atoms with Crippen molar-refractivity contribution < 1.29 is 5.11 Å². The van der Waals surface area contributed by atoms with Crippen molar-refractivity contribution in [2.45, 2.75) is 90.1 Å². The van der Waals surface area contributed by atoms with E-state index in [4.69, 9.17) is 0 Å². The maximum absolute atomic E-state index is 9.87. The lowest BCUT2D eigenvalue weighted by Crippen LogP contribution is -2.08. The van der Waals surface area contributed by atoms with Crippen molar-refractivity contribution in [1.29, 1.82) is 0 Å². The van der Waals surface area contributed by atoms with Crippen LogP contribution in [-0.2, 0) is 0 Å². The molecule has 1 fully saturated rings. The molecule has 0 radical (unpaired) electrons. The zero-order chi connectivity index (χ0) is 11.6. The second-order valence-corrected chi connectivity index (χ2v) is 5.58. The van der Waals surface area contributed by atoms with Crippen molar-refractivity contribution in [3.05, 3.63) is 0 Å². The molecule has 96 valence electrons. The van der Waals surface area contributed by atoms with Gasteiger partial charge in [0.1, 0.15) is 0 Å². The van der Waals surface area contributed by atoms with E-state index in [0.717, 1.165) is 18.8 Å². The van der Waals surface area contributed by atoms with Gasteiger partial charge in [-0.3, -0.25) is 0 Å². The molecule has 0 amide bonds. The number of aliphatic hydroxyl groups excluding tert-OH is 1. The summed E-state index contributed by atoms with van der Waals surface area (Å²) in [6.45, 7) is 2.25. The minimum Gasteiger partial charge on any atom is -0.393 e. The number of unbranched alkanes of at least 4 members (excludes halogenated alkanes) is 4. The molecule has 1 N–H and O–H groups in total. The highest BCUT2D eigenvalue weighted by atomic mass is 16.3. The van der Waals surface area contributed by atoms with E-state index in [-0.39, 0.29) is 6.10 Å². The molecule has 1 nitrogen and oxygen atoms in total. The van der Waals surface area contributed by atoms with Crippen molar-refractivity contribution >= 4 is 0 Å². The van der Waals surface area contributed by atoms with Gasteiger partial charge < -0.3 is 5.11 Å². The van der Waals surface area contributed by atoms with Crippen LogP contribution < -0.4 is 0 Å². The zero-order valence-corrected chi connectivity index (χ0v) is 11.1. The van der Waals surface area contributed by atoms with Crippen molar-refractivity contribution in [2.24, 2.45) is 5.92 Å². The third-order valence-corrected chi connectivity index (χ3v) is 4.02. The van der Waals surface area contributed by atoms with Gasteiger partial charge in [-0.15, -0.1) is 0 Å². The topological polar surface area (TPSA) is 20.2 Å². The Hall–Kier alpha value is -0.0400. The average molecular weight is 226 g/mol. The van der Waals surface area contributed by atoms with E-state index in [1.807, 2.05) is 0 Å². The van der Waals surface area contributed by atoms with Crippen LogP contribution in [0.5, 0.6) is 0 Å². The van der Waals surface area contributed by atoms with E-state index in [1.165, 1.54) is 64.2 Å². The molecule has 0 heterocycles. The molecule has 0 saturated heterocycles. The van der Waals surface area contributed by atoms with Crippen LogP contribution in [0.3, 0.4) is 0 Å². The first-order valence-corrected chi connectivity index (χ1v) is 7.51. The predicted molar refractivity (Wildman–Crippen MR) is 70.6 cm³/mol. The Kier molecular flexibility index (Phi) is 7.92. The van der Waals surface area contributed by atoms with E-state index in [0.29, 0.717) is 0 Å². The lowest BCUT2D eigenvalue weighted by molar-refractivity contribution is 0.141. The maximum atomic E-state index is 9.87. The predicted octanol–water partition coefficient (Wildman–Crippen LogP) is 4.68. The lowest BCUT2D eigenvalue weighted by Gasteiger charge is -2.13. The monoisotopic (exact) mass is 226 g/mol. The van der Waals surface area contributed by atoms with E-state index in [9.17, 15) is 5.11 Å². The Morgan fingerprint density at radius 3 is 2.38 bits per heavy atom. The Morgan fingerprint density at radius 1 is 1.00 bits per heavy atom. The largest absolute Gasteiger partial charge is 0.393 e. The van der Waals surface area contributed by atoms with Crippen LogP contribution in [0.4, 0.5) is 0 Å². The molecule has 1 atom stereocenters. The van der Waals surface area contributed by atoms with E-state index >= 15 is 0 Å². The number of hydrogen-bond acceptors (Lipinski definition) is 1. The quantitative estimate of drug-likeness (QED) is 0.566. The van der Waals surface area contributed by atoms with Gasteiger partial charge >= 0.3 is 0 Å². The summed E-state index contributed by atoms with van der Waals surface area (Å²) in [5.74, 6) is 0.940. The van der Waals surface area contributed by atoms with Gasteiger partial charge in [-0.25, -0.2) is 0 Å². The minimum absolute atomic E-state index is 0.0118. The highest BCUT2D eigenvalue weighted by molar-refractivity contribution is 4.69. The van der Waals surface area contributed by atoms with Gasteiger partial charge in [0.25, 0.3) is 0 Å². The normalized spacial score (nSPS) is 19.1. The van der Waals surface area contributed by atoms with Crippen molar-refractivity contribution in [3.63, 3.8) is 0 Å². The first kappa shape index (κ1) is 14.0. The summed E-state index contributed by atoms with van der Waals surface area (Å²) in [6, 6.07) is 0. The van der Waals surface area contributed by atoms with E-state index in [1.54, 1.807) is 0 Å². The summed E-state index contributed by atoms with van der Waals surface area (Å²) >= 11 is 0. The molecule has 0 bridgehead atoms. The zero-order valence-electron chi connectivity index (χ0n) is 11.1. The summed E-state index contributed by atoms with van der Waals surface area (Å²) in [7, 11) is 0. The number of rotatable bonds is 9. The standard InChI is InChI=1S/C15H30O/c1-2-3-4-5-6-11-15(16)13-12-14-9-7-8-10-14/h14-16H,2-13H2,1H3. The van der Waals surface area contributed by atoms with Crippen LogP contribution in [0.25, 0.3) is 0 Å². The molecular weight excluding hydrogens is 196 g/mol. The Morgan fingerprint density at radius 2 is 1.69 bits per heavy atom. The maximum Gasteiger partial charge on any atom is 0.0540 e. The molecule has 0 aromatic heterocycles. The van der Waals surface area contributed by atoms with Crippen LogP contribution in [-0.4, -0.2) is 11.2 Å². The molecule has 1 heteroatoms. The fourth-order valence-corrected chi connectivity index (χ4v) is 2.85. The number of aliphatic hydroxyl groups is 1. The molecule has 1 aliphatic carbocycles. The van der Waals surface area contributed by atoms with Gasteiger partial charge in [-0.05, 0) is 25.2 Å². The van der Waals surface area contributed by atoms with Crippen LogP contribution in [0.15, 0.2) is 0 Å². The van der Waals surface area contributed by atoms with Crippen LogP contribution >= 0.6 is 0 Å². The van der Waals surface area contributed by atoms with Crippen molar-refractivity contribution in [3.8, 4) is 0 Å². The number of hydrogen-bond donors (Lipinski definition) is 1. The third-order valence-electron chi connectivity index (χ3n) is 4.02. The molecule has 1 aliphatic rings. The molecule has 16 heavy (non-hydrogen) atoms. The summed E-state index contributed by atoms with van der Waals surface area (Å²) in [5, 5.41) is 9.87. The minimum atomic E-state index is -0.0118. The fraction of sp³-hybridized carbons (Fsp3) is 1.00. The van der Waals surface area contributed by atoms with Gasteiger partial charge in [0.2, 0.25) is 0 Å². The summed E-state index contributed by atoms with van der Waals surface area (Å²) in [5.41, 5.74) is 0. The molecule has 0 spiro atoms. The van der Waals surface area contributed by atoms with E-state index in [2.05, 4.69) is 6.92 Å². The highest BCUT2D eigenvalue weighted by Crippen LogP contribution is 2.29. The third kappa shape index (κ3) is 6.52. The summed E-state index contributed by atoms with van der Waals surface area (Å²) in [4.78, 5) is 0. The SMILES string of the molecule is CCCCCCCC(O)CCC1CCCC1.